The van der Waals surface area contributed by atoms with Crippen LogP contribution in [0, 0.1) is 23.7 Å². The van der Waals surface area contributed by atoms with E-state index >= 15 is 0 Å². The van der Waals surface area contributed by atoms with Crippen molar-refractivity contribution in [3.8, 4) is 0 Å². The fourth-order valence-corrected chi connectivity index (χ4v) is 5.78. The molecular weight excluding hydrogens is 238 g/mol. The summed E-state index contributed by atoms with van der Waals surface area (Å²) in [6.07, 6.45) is 10.8. The quantitative estimate of drug-likeness (QED) is 0.820. The van der Waals surface area contributed by atoms with Crippen molar-refractivity contribution in [2.75, 3.05) is 0 Å². The molecular formula is C16H25NO2. The lowest BCUT2D eigenvalue weighted by Gasteiger charge is -2.58. The van der Waals surface area contributed by atoms with Crippen LogP contribution in [-0.2, 0) is 4.79 Å². The van der Waals surface area contributed by atoms with Crippen molar-refractivity contribution in [3.63, 3.8) is 0 Å². The van der Waals surface area contributed by atoms with Crippen LogP contribution in [0.1, 0.15) is 57.8 Å². The monoisotopic (exact) mass is 263 g/mol. The Morgan fingerprint density at radius 1 is 1.05 bits per heavy atom. The first-order valence-electron chi connectivity index (χ1n) is 8.13. The van der Waals surface area contributed by atoms with Crippen molar-refractivity contribution in [2.24, 2.45) is 23.7 Å². The number of hydrogen-bond donors (Lipinski definition) is 2. The van der Waals surface area contributed by atoms with E-state index in [1.807, 2.05) is 0 Å². The van der Waals surface area contributed by atoms with Crippen LogP contribution in [0.15, 0.2) is 0 Å². The zero-order valence-electron chi connectivity index (χ0n) is 11.6. The maximum absolute atomic E-state index is 11.1. The minimum atomic E-state index is -0.629. The summed E-state index contributed by atoms with van der Waals surface area (Å²) in [7, 11) is 0. The van der Waals surface area contributed by atoms with Crippen LogP contribution in [-0.4, -0.2) is 22.7 Å². The van der Waals surface area contributed by atoms with Crippen molar-refractivity contribution in [1.29, 1.82) is 0 Å². The van der Waals surface area contributed by atoms with Crippen LogP contribution in [0.4, 0.5) is 0 Å². The van der Waals surface area contributed by atoms with E-state index in [9.17, 15) is 4.79 Å². The van der Waals surface area contributed by atoms with Crippen LogP contribution in [0.5, 0.6) is 0 Å². The van der Waals surface area contributed by atoms with E-state index in [1.165, 1.54) is 38.5 Å². The van der Waals surface area contributed by atoms with Gasteiger partial charge in [0.15, 0.2) is 0 Å². The van der Waals surface area contributed by atoms with E-state index in [0.717, 1.165) is 36.5 Å². The number of nitrogens with one attached hydrogen (secondary N) is 1. The molecule has 5 aliphatic carbocycles. The number of rotatable bonds is 4. The lowest BCUT2D eigenvalue weighted by atomic mass is 9.53. The summed E-state index contributed by atoms with van der Waals surface area (Å²) in [6, 6.07) is 0.632. The highest BCUT2D eigenvalue weighted by Gasteiger charge is 2.51. The van der Waals surface area contributed by atoms with E-state index in [0.29, 0.717) is 12.5 Å². The number of carbonyl (C=O) groups is 1. The van der Waals surface area contributed by atoms with Crippen LogP contribution in [0.2, 0.25) is 0 Å². The number of hydrogen-bond acceptors (Lipinski definition) is 2. The lowest BCUT2D eigenvalue weighted by Crippen LogP contribution is -2.63. The topological polar surface area (TPSA) is 49.3 Å². The summed E-state index contributed by atoms with van der Waals surface area (Å²) in [4.78, 5) is 11.1. The van der Waals surface area contributed by atoms with Crippen molar-refractivity contribution in [1.82, 2.24) is 5.32 Å². The van der Waals surface area contributed by atoms with Crippen molar-refractivity contribution >= 4 is 5.97 Å². The Balaban J connectivity index is 1.49. The van der Waals surface area contributed by atoms with Crippen LogP contribution in [0.25, 0.3) is 0 Å². The van der Waals surface area contributed by atoms with Crippen LogP contribution >= 0.6 is 0 Å². The fourth-order valence-electron chi connectivity index (χ4n) is 5.78. The van der Waals surface area contributed by atoms with Gasteiger partial charge in [0, 0.05) is 11.6 Å². The van der Waals surface area contributed by atoms with Gasteiger partial charge in [-0.05, 0) is 75.0 Å². The molecule has 0 radical (unpaired) electrons. The summed E-state index contributed by atoms with van der Waals surface area (Å²) in [5.41, 5.74) is -0.0497. The Hall–Kier alpha value is -0.570. The molecule has 5 aliphatic rings. The molecule has 0 saturated heterocycles. The highest BCUT2D eigenvalue weighted by atomic mass is 16.4. The molecule has 3 heteroatoms. The predicted octanol–water partition coefficient (Wildman–Crippen LogP) is 2.80. The third-order valence-electron chi connectivity index (χ3n) is 6.50. The standard InChI is InChI=1S/C16H25NO2/c18-14(19)9-16(2-1-3-16)17-15-12-5-10-4-11(7-12)8-13(15)6-10/h10-13,15,17H,1-9H2,(H,18,19). The summed E-state index contributed by atoms with van der Waals surface area (Å²) in [6.45, 7) is 0. The molecule has 0 aromatic heterocycles. The summed E-state index contributed by atoms with van der Waals surface area (Å²) >= 11 is 0. The van der Waals surface area contributed by atoms with Crippen molar-refractivity contribution in [3.05, 3.63) is 0 Å². The molecule has 0 aliphatic heterocycles. The fraction of sp³-hybridized carbons (Fsp3) is 0.938. The molecule has 0 heterocycles. The molecule has 0 amide bonds. The number of carboxylic acid groups (broad SMARTS) is 1. The second-order valence-corrected chi connectivity index (χ2v) is 7.81. The minimum Gasteiger partial charge on any atom is -0.481 e. The maximum atomic E-state index is 11.1. The Morgan fingerprint density at radius 3 is 2.05 bits per heavy atom. The second kappa shape index (κ2) is 4.21. The smallest absolute Gasteiger partial charge is 0.305 e. The summed E-state index contributed by atoms with van der Waals surface area (Å²) in [5.74, 6) is 3.07. The van der Waals surface area contributed by atoms with E-state index in [2.05, 4.69) is 5.32 Å². The second-order valence-electron chi connectivity index (χ2n) is 7.81. The zero-order chi connectivity index (χ0) is 13.0. The van der Waals surface area contributed by atoms with E-state index in [1.54, 1.807) is 0 Å². The first kappa shape index (κ1) is 12.2. The largest absolute Gasteiger partial charge is 0.481 e. The summed E-state index contributed by atoms with van der Waals surface area (Å²) in [5, 5.41) is 13.0. The molecule has 5 rings (SSSR count). The normalized spacial score (nSPS) is 46.0. The van der Waals surface area contributed by atoms with Gasteiger partial charge in [0.05, 0.1) is 6.42 Å². The predicted molar refractivity (Wildman–Crippen MR) is 72.8 cm³/mol. The average Bonchev–Trinajstić information content (AvgIpc) is 2.29. The zero-order valence-corrected chi connectivity index (χ0v) is 11.6. The average molecular weight is 263 g/mol. The van der Waals surface area contributed by atoms with E-state index < -0.39 is 5.97 Å². The van der Waals surface area contributed by atoms with Gasteiger partial charge in [0.1, 0.15) is 0 Å². The number of carboxylic acids is 1. The molecule has 3 nitrogen and oxygen atoms in total. The van der Waals surface area contributed by atoms with Gasteiger partial charge >= 0.3 is 5.97 Å². The highest BCUT2D eigenvalue weighted by molar-refractivity contribution is 5.68. The van der Waals surface area contributed by atoms with Gasteiger partial charge in [-0.25, -0.2) is 0 Å². The van der Waals surface area contributed by atoms with E-state index in [4.69, 9.17) is 5.11 Å². The Morgan fingerprint density at radius 2 is 1.63 bits per heavy atom. The Kier molecular flexibility index (Phi) is 2.70. The summed E-state index contributed by atoms with van der Waals surface area (Å²) < 4.78 is 0. The van der Waals surface area contributed by atoms with Crippen molar-refractivity contribution < 1.29 is 9.90 Å². The molecule has 5 fully saturated rings. The SMILES string of the molecule is O=C(O)CC1(NC2C3CC4CC(C3)CC2C4)CCC1. The van der Waals surface area contributed by atoms with Gasteiger partial charge in [-0.2, -0.15) is 0 Å². The third-order valence-corrected chi connectivity index (χ3v) is 6.50. The Labute approximate surface area is 115 Å². The molecule has 4 bridgehead atoms. The molecule has 0 spiro atoms. The first-order valence-corrected chi connectivity index (χ1v) is 8.13. The number of aliphatic carboxylic acids is 1. The van der Waals surface area contributed by atoms with Gasteiger partial charge in [0.25, 0.3) is 0 Å². The van der Waals surface area contributed by atoms with Crippen molar-refractivity contribution in [2.45, 2.75) is 69.4 Å². The van der Waals surface area contributed by atoms with Gasteiger partial charge < -0.3 is 10.4 Å². The van der Waals surface area contributed by atoms with E-state index in [-0.39, 0.29) is 5.54 Å². The molecule has 106 valence electrons. The lowest BCUT2D eigenvalue weighted by molar-refractivity contribution is -0.140. The van der Waals surface area contributed by atoms with Crippen LogP contribution in [0.3, 0.4) is 0 Å². The molecule has 2 N–H and O–H groups in total. The van der Waals surface area contributed by atoms with Crippen LogP contribution < -0.4 is 5.32 Å². The molecule has 5 saturated carbocycles. The van der Waals surface area contributed by atoms with Gasteiger partial charge in [0.2, 0.25) is 0 Å². The molecule has 0 aromatic carbocycles. The maximum Gasteiger partial charge on any atom is 0.305 e. The molecule has 19 heavy (non-hydrogen) atoms. The molecule has 0 atom stereocenters. The first-order chi connectivity index (χ1) is 9.13. The highest BCUT2D eigenvalue weighted by Crippen LogP contribution is 2.54. The molecule has 0 unspecified atom stereocenters. The minimum absolute atomic E-state index is 0.0497. The van der Waals surface area contributed by atoms with Gasteiger partial charge in [-0.1, -0.05) is 0 Å². The Bertz CT molecular complexity index is 360. The molecule has 0 aromatic rings. The van der Waals surface area contributed by atoms with Gasteiger partial charge in [-0.3, -0.25) is 4.79 Å². The third kappa shape index (κ3) is 2.01. The van der Waals surface area contributed by atoms with Gasteiger partial charge in [-0.15, -0.1) is 0 Å².